The lowest BCUT2D eigenvalue weighted by molar-refractivity contribution is 0.561. The van der Waals surface area contributed by atoms with Crippen LogP contribution in [0.5, 0.6) is 0 Å². The number of hydrogen-bond donors (Lipinski definition) is 0. The highest BCUT2D eigenvalue weighted by molar-refractivity contribution is 5.32. The molecule has 0 aliphatic carbocycles. The van der Waals surface area contributed by atoms with Crippen LogP contribution in [0.15, 0.2) is 17.4 Å². The molecule has 1 aromatic heterocycles. The van der Waals surface area contributed by atoms with Crippen molar-refractivity contribution in [1.82, 2.24) is 9.55 Å². The van der Waals surface area contributed by atoms with Gasteiger partial charge in [0.25, 0.3) is 0 Å². The molecule has 0 saturated heterocycles. The highest BCUT2D eigenvalue weighted by atomic mass is 16.1. The summed E-state index contributed by atoms with van der Waals surface area (Å²) in [4.78, 5) is 17.2. The van der Waals surface area contributed by atoms with Gasteiger partial charge in [0.2, 0.25) is 6.08 Å². The number of imidazole rings is 1. The topological polar surface area (TPSA) is 47.2 Å². The molecule has 0 amide bonds. The Morgan fingerprint density at radius 2 is 2.64 bits per heavy atom. The van der Waals surface area contributed by atoms with E-state index in [0.29, 0.717) is 6.54 Å². The fourth-order valence-electron chi connectivity index (χ4n) is 0.883. The van der Waals surface area contributed by atoms with Crippen LogP contribution in [0, 0.1) is 0 Å². The molecule has 0 atom stereocenters. The summed E-state index contributed by atoms with van der Waals surface area (Å²) >= 11 is 0. The van der Waals surface area contributed by atoms with E-state index in [2.05, 4.69) is 9.98 Å². The van der Waals surface area contributed by atoms with Crippen molar-refractivity contribution in [2.24, 2.45) is 4.99 Å². The van der Waals surface area contributed by atoms with Crippen molar-refractivity contribution < 1.29 is 4.79 Å². The summed E-state index contributed by atoms with van der Waals surface area (Å²) < 4.78 is 1.93. The average molecular weight is 151 g/mol. The largest absolute Gasteiger partial charge is 0.334 e. The molecule has 1 heterocycles. The first-order chi connectivity index (χ1) is 5.38. The minimum absolute atomic E-state index is 0.324. The molecule has 11 heavy (non-hydrogen) atoms. The molecule has 0 N–H and O–H groups in total. The molecule has 0 radical (unpaired) electrons. The van der Waals surface area contributed by atoms with E-state index in [9.17, 15) is 4.79 Å². The number of carbonyl (C=O) groups excluding carboxylic acids is 1. The van der Waals surface area contributed by atoms with Crippen molar-refractivity contribution in [3.8, 4) is 0 Å². The zero-order valence-corrected chi connectivity index (χ0v) is 6.32. The molecule has 0 spiro atoms. The molecular weight excluding hydrogens is 142 g/mol. The van der Waals surface area contributed by atoms with E-state index in [-0.39, 0.29) is 0 Å². The van der Waals surface area contributed by atoms with E-state index in [1.165, 1.54) is 6.08 Å². The normalized spacial score (nSPS) is 9.18. The van der Waals surface area contributed by atoms with Gasteiger partial charge in [-0.25, -0.2) is 9.78 Å². The monoisotopic (exact) mass is 151 g/mol. The van der Waals surface area contributed by atoms with Gasteiger partial charge < -0.3 is 4.57 Å². The van der Waals surface area contributed by atoms with Crippen LogP contribution in [-0.4, -0.2) is 15.6 Å². The predicted octanol–water partition coefficient (Wildman–Crippen LogP) is 0.739. The lowest BCUT2D eigenvalue weighted by atomic mass is 10.6. The van der Waals surface area contributed by atoms with Gasteiger partial charge in [-0.15, -0.1) is 0 Å². The summed E-state index contributed by atoms with van der Waals surface area (Å²) in [7, 11) is 0. The zero-order chi connectivity index (χ0) is 8.10. The predicted molar refractivity (Wildman–Crippen MR) is 39.7 cm³/mol. The third kappa shape index (κ3) is 1.75. The number of rotatable bonds is 3. The Kier molecular flexibility index (Phi) is 2.58. The Labute approximate surface area is 64.6 Å². The fourth-order valence-corrected chi connectivity index (χ4v) is 0.883. The highest BCUT2D eigenvalue weighted by Crippen LogP contribution is 1.97. The summed E-state index contributed by atoms with van der Waals surface area (Å²) in [5, 5.41) is 0. The van der Waals surface area contributed by atoms with Crippen molar-refractivity contribution in [3.05, 3.63) is 18.2 Å². The fraction of sp³-hybridized carbons (Fsp3) is 0.429. The lowest BCUT2D eigenvalue weighted by Crippen LogP contribution is -1.98. The first-order valence-electron chi connectivity index (χ1n) is 3.42. The molecule has 0 unspecified atom stereocenters. The second kappa shape index (κ2) is 3.68. The van der Waals surface area contributed by atoms with Crippen LogP contribution in [-0.2, 0) is 17.9 Å². The van der Waals surface area contributed by atoms with Crippen molar-refractivity contribution in [2.75, 3.05) is 0 Å². The smallest absolute Gasteiger partial charge is 0.235 e. The van der Waals surface area contributed by atoms with Gasteiger partial charge in [0.05, 0.1) is 0 Å². The van der Waals surface area contributed by atoms with Crippen LogP contribution in [0.3, 0.4) is 0 Å². The minimum atomic E-state index is 0.324. The van der Waals surface area contributed by atoms with Gasteiger partial charge in [-0.05, 0) is 6.92 Å². The Bertz CT molecular complexity index is 273. The molecule has 4 nitrogen and oxygen atoms in total. The van der Waals surface area contributed by atoms with Crippen molar-refractivity contribution in [1.29, 1.82) is 0 Å². The van der Waals surface area contributed by atoms with Crippen LogP contribution in [0.2, 0.25) is 0 Å². The minimum Gasteiger partial charge on any atom is -0.334 e. The Morgan fingerprint density at radius 1 is 1.82 bits per heavy atom. The summed E-state index contributed by atoms with van der Waals surface area (Å²) in [5.74, 6) is 0.802. The molecule has 0 aromatic carbocycles. The van der Waals surface area contributed by atoms with E-state index in [1.807, 2.05) is 17.7 Å². The van der Waals surface area contributed by atoms with Gasteiger partial charge >= 0.3 is 0 Å². The number of aryl methyl sites for hydroxylation is 1. The van der Waals surface area contributed by atoms with Gasteiger partial charge in [-0.3, -0.25) is 0 Å². The van der Waals surface area contributed by atoms with Crippen LogP contribution >= 0.6 is 0 Å². The van der Waals surface area contributed by atoms with Crippen LogP contribution in [0.25, 0.3) is 0 Å². The SMILES string of the molecule is CCn1ccnc1CN=C=O. The van der Waals surface area contributed by atoms with E-state index in [4.69, 9.17) is 0 Å². The maximum Gasteiger partial charge on any atom is 0.235 e. The summed E-state index contributed by atoms with van der Waals surface area (Å²) in [6.07, 6.45) is 5.03. The highest BCUT2D eigenvalue weighted by Gasteiger charge is 1.97. The molecular formula is C7H9N3O. The first-order valence-corrected chi connectivity index (χ1v) is 3.42. The zero-order valence-electron chi connectivity index (χ0n) is 6.32. The van der Waals surface area contributed by atoms with Gasteiger partial charge in [-0.2, -0.15) is 4.99 Å². The molecule has 0 aliphatic heterocycles. The number of isocyanates is 1. The van der Waals surface area contributed by atoms with E-state index in [0.717, 1.165) is 12.4 Å². The summed E-state index contributed by atoms with van der Waals surface area (Å²) in [6.45, 7) is 3.18. The molecule has 0 saturated carbocycles. The maximum atomic E-state index is 9.77. The van der Waals surface area contributed by atoms with Gasteiger partial charge in [0, 0.05) is 18.9 Å². The Balaban J connectivity index is 2.75. The molecule has 1 aromatic rings. The third-order valence-corrected chi connectivity index (χ3v) is 1.43. The maximum absolute atomic E-state index is 9.77. The Morgan fingerprint density at radius 3 is 3.27 bits per heavy atom. The number of aliphatic imine (C=N–C) groups is 1. The molecule has 0 bridgehead atoms. The average Bonchev–Trinajstić information content (AvgIpc) is 2.47. The van der Waals surface area contributed by atoms with E-state index < -0.39 is 0 Å². The Hall–Kier alpha value is -1.41. The van der Waals surface area contributed by atoms with Crippen LogP contribution < -0.4 is 0 Å². The second-order valence-electron chi connectivity index (χ2n) is 2.04. The van der Waals surface area contributed by atoms with Crippen molar-refractivity contribution in [2.45, 2.75) is 20.0 Å². The summed E-state index contributed by atoms with van der Waals surface area (Å²) in [6, 6.07) is 0. The number of hydrogen-bond acceptors (Lipinski definition) is 3. The van der Waals surface area contributed by atoms with Gasteiger partial charge in [-0.1, -0.05) is 0 Å². The molecule has 4 heteroatoms. The number of aromatic nitrogens is 2. The third-order valence-electron chi connectivity index (χ3n) is 1.43. The van der Waals surface area contributed by atoms with Gasteiger partial charge in [0.15, 0.2) is 0 Å². The molecule has 1 rings (SSSR count). The van der Waals surface area contributed by atoms with Gasteiger partial charge in [0.1, 0.15) is 12.4 Å². The van der Waals surface area contributed by atoms with Crippen LogP contribution in [0.4, 0.5) is 0 Å². The van der Waals surface area contributed by atoms with Crippen molar-refractivity contribution >= 4 is 6.08 Å². The quantitative estimate of drug-likeness (QED) is 0.472. The molecule has 0 aliphatic rings. The lowest BCUT2D eigenvalue weighted by Gasteiger charge is -1.98. The van der Waals surface area contributed by atoms with E-state index in [1.54, 1.807) is 6.20 Å². The second-order valence-corrected chi connectivity index (χ2v) is 2.04. The van der Waals surface area contributed by atoms with E-state index >= 15 is 0 Å². The standard InChI is InChI=1S/C7H9N3O/c1-2-10-4-3-9-7(10)5-8-6-11/h3-4H,2,5H2,1H3. The van der Waals surface area contributed by atoms with Crippen LogP contribution in [0.1, 0.15) is 12.7 Å². The first kappa shape index (κ1) is 7.69. The molecule has 58 valence electrons. The number of nitrogens with zero attached hydrogens (tertiary/aromatic N) is 3. The van der Waals surface area contributed by atoms with Crippen molar-refractivity contribution in [3.63, 3.8) is 0 Å². The summed E-state index contributed by atoms with van der Waals surface area (Å²) in [5.41, 5.74) is 0. The molecule has 0 fully saturated rings.